The Morgan fingerprint density at radius 2 is 1.94 bits per heavy atom. The molecule has 1 fully saturated rings. The molecule has 0 aliphatic carbocycles. The lowest BCUT2D eigenvalue weighted by atomic mass is 9.97. The fraction of sp³-hybridized carbons (Fsp3) is 0.923. The topological polar surface area (TPSA) is 64.8 Å². The standard InChI is InChI=1S/C13H26N2O3/c1-4-13(5-2,10-14)18-11(3)12(16)15-6-8-17-9-7-15/h11H,4-10,14H2,1-3H3. The minimum Gasteiger partial charge on any atom is -0.378 e. The molecule has 0 aromatic carbocycles. The van der Waals surface area contributed by atoms with Gasteiger partial charge in [-0.1, -0.05) is 13.8 Å². The minimum atomic E-state index is -0.438. The lowest BCUT2D eigenvalue weighted by molar-refractivity contribution is -0.159. The van der Waals surface area contributed by atoms with E-state index in [4.69, 9.17) is 15.2 Å². The molecule has 0 aromatic heterocycles. The van der Waals surface area contributed by atoms with E-state index in [9.17, 15) is 4.79 Å². The summed E-state index contributed by atoms with van der Waals surface area (Å²) in [5.41, 5.74) is 5.41. The molecule has 1 rings (SSSR count). The molecule has 1 aliphatic heterocycles. The number of nitrogens with zero attached hydrogens (tertiary/aromatic N) is 1. The van der Waals surface area contributed by atoms with Crippen LogP contribution in [0.25, 0.3) is 0 Å². The van der Waals surface area contributed by atoms with Crippen LogP contribution in [0.2, 0.25) is 0 Å². The van der Waals surface area contributed by atoms with Crippen LogP contribution in [-0.4, -0.2) is 55.4 Å². The van der Waals surface area contributed by atoms with E-state index in [1.54, 1.807) is 4.90 Å². The summed E-state index contributed by atoms with van der Waals surface area (Å²) < 4.78 is 11.2. The van der Waals surface area contributed by atoms with Crippen molar-refractivity contribution in [2.24, 2.45) is 5.73 Å². The Morgan fingerprint density at radius 3 is 2.39 bits per heavy atom. The van der Waals surface area contributed by atoms with E-state index >= 15 is 0 Å². The number of amides is 1. The number of morpholine rings is 1. The Labute approximate surface area is 110 Å². The summed E-state index contributed by atoms with van der Waals surface area (Å²) in [5, 5.41) is 0. The number of ether oxygens (including phenoxy) is 2. The quantitative estimate of drug-likeness (QED) is 0.764. The summed E-state index contributed by atoms with van der Waals surface area (Å²) in [4.78, 5) is 14.0. The molecule has 106 valence electrons. The van der Waals surface area contributed by atoms with Crippen LogP contribution < -0.4 is 5.73 Å². The molecule has 18 heavy (non-hydrogen) atoms. The maximum absolute atomic E-state index is 12.2. The summed E-state index contributed by atoms with van der Waals surface area (Å²) in [7, 11) is 0. The third kappa shape index (κ3) is 3.67. The molecule has 2 N–H and O–H groups in total. The van der Waals surface area contributed by atoms with E-state index in [2.05, 4.69) is 0 Å². The first-order chi connectivity index (χ1) is 8.58. The van der Waals surface area contributed by atoms with Gasteiger partial charge in [0, 0.05) is 19.6 Å². The molecule has 1 unspecified atom stereocenters. The summed E-state index contributed by atoms with van der Waals surface area (Å²) in [6.45, 7) is 8.88. The highest BCUT2D eigenvalue weighted by molar-refractivity contribution is 5.80. The third-order valence-corrected chi connectivity index (χ3v) is 3.76. The zero-order chi connectivity index (χ0) is 13.6. The van der Waals surface area contributed by atoms with Crippen LogP contribution in [0.5, 0.6) is 0 Å². The summed E-state index contributed by atoms with van der Waals surface area (Å²) in [5.74, 6) is 0.0398. The summed E-state index contributed by atoms with van der Waals surface area (Å²) in [6, 6.07) is 0. The fourth-order valence-corrected chi connectivity index (χ4v) is 2.22. The largest absolute Gasteiger partial charge is 0.378 e. The van der Waals surface area contributed by atoms with E-state index in [0.29, 0.717) is 32.8 Å². The van der Waals surface area contributed by atoms with E-state index < -0.39 is 6.10 Å². The zero-order valence-corrected chi connectivity index (χ0v) is 11.8. The molecular weight excluding hydrogens is 232 g/mol. The smallest absolute Gasteiger partial charge is 0.251 e. The van der Waals surface area contributed by atoms with E-state index in [1.807, 2.05) is 20.8 Å². The monoisotopic (exact) mass is 258 g/mol. The van der Waals surface area contributed by atoms with Crippen molar-refractivity contribution in [3.05, 3.63) is 0 Å². The number of nitrogens with two attached hydrogens (primary N) is 1. The van der Waals surface area contributed by atoms with Crippen molar-refractivity contribution in [1.82, 2.24) is 4.90 Å². The van der Waals surface area contributed by atoms with Crippen LogP contribution in [0.15, 0.2) is 0 Å². The van der Waals surface area contributed by atoms with Crippen molar-refractivity contribution in [2.75, 3.05) is 32.8 Å². The molecule has 0 bridgehead atoms. The molecule has 0 radical (unpaired) electrons. The highest BCUT2D eigenvalue weighted by Gasteiger charge is 2.32. The van der Waals surface area contributed by atoms with Crippen molar-refractivity contribution in [1.29, 1.82) is 0 Å². The molecule has 5 heteroatoms. The van der Waals surface area contributed by atoms with Crippen molar-refractivity contribution < 1.29 is 14.3 Å². The average Bonchev–Trinajstić information content (AvgIpc) is 2.45. The summed E-state index contributed by atoms with van der Waals surface area (Å²) >= 11 is 0. The van der Waals surface area contributed by atoms with Crippen molar-refractivity contribution in [3.8, 4) is 0 Å². The SMILES string of the molecule is CCC(CC)(CN)OC(C)C(=O)N1CCOCC1. The third-order valence-electron chi connectivity index (χ3n) is 3.76. The van der Waals surface area contributed by atoms with Crippen molar-refractivity contribution in [3.63, 3.8) is 0 Å². The van der Waals surface area contributed by atoms with Gasteiger partial charge in [-0.15, -0.1) is 0 Å². The van der Waals surface area contributed by atoms with Gasteiger partial charge in [0.2, 0.25) is 0 Å². The molecule has 0 aromatic rings. The van der Waals surface area contributed by atoms with E-state index in [1.165, 1.54) is 0 Å². The van der Waals surface area contributed by atoms with Crippen LogP contribution in [0.4, 0.5) is 0 Å². The lowest BCUT2D eigenvalue weighted by Crippen LogP contribution is -2.50. The highest BCUT2D eigenvalue weighted by atomic mass is 16.5. The Morgan fingerprint density at radius 1 is 1.39 bits per heavy atom. The van der Waals surface area contributed by atoms with Gasteiger partial charge in [0.05, 0.1) is 18.8 Å². The second kappa shape index (κ2) is 7.07. The lowest BCUT2D eigenvalue weighted by Gasteiger charge is -2.36. The van der Waals surface area contributed by atoms with Crippen LogP contribution in [0.3, 0.4) is 0 Å². The van der Waals surface area contributed by atoms with E-state index in [0.717, 1.165) is 12.8 Å². The molecule has 1 aliphatic rings. The Hall–Kier alpha value is -0.650. The number of carbonyl (C=O) groups is 1. The van der Waals surface area contributed by atoms with Gasteiger partial charge < -0.3 is 20.1 Å². The Bertz CT molecular complexity index is 253. The number of rotatable bonds is 6. The average molecular weight is 258 g/mol. The van der Waals surface area contributed by atoms with Gasteiger partial charge in [-0.2, -0.15) is 0 Å². The van der Waals surface area contributed by atoms with Crippen LogP contribution >= 0.6 is 0 Å². The first-order valence-corrected chi connectivity index (χ1v) is 6.83. The molecule has 1 atom stereocenters. The van der Waals surface area contributed by atoms with Gasteiger partial charge >= 0.3 is 0 Å². The van der Waals surface area contributed by atoms with Gasteiger partial charge in [-0.25, -0.2) is 0 Å². The van der Waals surface area contributed by atoms with Crippen LogP contribution in [0.1, 0.15) is 33.6 Å². The summed E-state index contributed by atoms with van der Waals surface area (Å²) in [6.07, 6.45) is 1.20. The molecular formula is C13H26N2O3. The first-order valence-electron chi connectivity index (χ1n) is 6.83. The Balaban J connectivity index is 2.57. The molecule has 0 spiro atoms. The molecule has 1 saturated heterocycles. The maximum atomic E-state index is 12.2. The predicted molar refractivity (Wildman–Crippen MR) is 70.3 cm³/mol. The van der Waals surface area contributed by atoms with Crippen LogP contribution in [-0.2, 0) is 14.3 Å². The molecule has 5 nitrogen and oxygen atoms in total. The second-order valence-electron chi connectivity index (χ2n) is 4.79. The predicted octanol–water partition coefficient (Wildman–Crippen LogP) is 0.768. The highest BCUT2D eigenvalue weighted by Crippen LogP contribution is 2.22. The normalized spacial score (nSPS) is 18.8. The van der Waals surface area contributed by atoms with Crippen molar-refractivity contribution in [2.45, 2.75) is 45.3 Å². The molecule has 1 heterocycles. The van der Waals surface area contributed by atoms with Gasteiger partial charge in [0.1, 0.15) is 6.10 Å². The maximum Gasteiger partial charge on any atom is 0.251 e. The number of hydrogen-bond donors (Lipinski definition) is 1. The van der Waals surface area contributed by atoms with Gasteiger partial charge in [-0.05, 0) is 19.8 Å². The van der Waals surface area contributed by atoms with Crippen molar-refractivity contribution >= 4 is 5.91 Å². The van der Waals surface area contributed by atoms with Gasteiger partial charge in [0.25, 0.3) is 5.91 Å². The zero-order valence-electron chi connectivity index (χ0n) is 11.8. The minimum absolute atomic E-state index is 0.0398. The van der Waals surface area contributed by atoms with Gasteiger partial charge in [-0.3, -0.25) is 4.79 Å². The van der Waals surface area contributed by atoms with E-state index in [-0.39, 0.29) is 11.5 Å². The number of hydrogen-bond acceptors (Lipinski definition) is 4. The Kier molecular flexibility index (Phi) is 6.05. The fourth-order valence-electron chi connectivity index (χ4n) is 2.22. The van der Waals surface area contributed by atoms with Gasteiger partial charge in [0.15, 0.2) is 0 Å². The number of carbonyl (C=O) groups excluding carboxylic acids is 1. The molecule has 1 amide bonds. The van der Waals surface area contributed by atoms with Crippen LogP contribution in [0, 0.1) is 0 Å². The molecule has 0 saturated carbocycles. The second-order valence-corrected chi connectivity index (χ2v) is 4.79. The first kappa shape index (κ1) is 15.4.